The van der Waals surface area contributed by atoms with Crippen LogP contribution in [0.1, 0.15) is 18.4 Å². The molecule has 0 bridgehead atoms. The smallest absolute Gasteiger partial charge is 0.243 e. The van der Waals surface area contributed by atoms with Gasteiger partial charge in [-0.05, 0) is 49.2 Å². The van der Waals surface area contributed by atoms with Crippen LogP contribution in [0.2, 0.25) is 0 Å². The number of amides is 1. The highest BCUT2D eigenvalue weighted by Gasteiger charge is 2.27. The first-order valence-corrected chi connectivity index (χ1v) is 10.1. The Balaban J connectivity index is 1.63. The van der Waals surface area contributed by atoms with Crippen molar-refractivity contribution in [2.24, 2.45) is 0 Å². The topological polar surface area (TPSA) is 102 Å². The fraction of sp³-hybridized carbons (Fsp3) is 0.263. The summed E-state index contributed by atoms with van der Waals surface area (Å²) in [4.78, 5) is 12.3. The van der Waals surface area contributed by atoms with Gasteiger partial charge in [0.05, 0.1) is 23.1 Å². The van der Waals surface area contributed by atoms with Crippen molar-refractivity contribution in [2.45, 2.75) is 17.7 Å². The summed E-state index contributed by atoms with van der Waals surface area (Å²) >= 11 is 0. The van der Waals surface area contributed by atoms with Gasteiger partial charge in [0.15, 0.2) is 0 Å². The van der Waals surface area contributed by atoms with Crippen molar-refractivity contribution in [3.05, 3.63) is 54.1 Å². The van der Waals surface area contributed by atoms with E-state index in [1.165, 1.54) is 16.4 Å². The van der Waals surface area contributed by atoms with Gasteiger partial charge in [-0.2, -0.15) is 9.57 Å². The third-order valence-corrected chi connectivity index (χ3v) is 6.16. The molecule has 2 aromatic rings. The van der Waals surface area contributed by atoms with Gasteiger partial charge < -0.3 is 10.6 Å². The lowest BCUT2D eigenvalue weighted by Crippen LogP contribution is -2.28. The van der Waals surface area contributed by atoms with Gasteiger partial charge in [-0.25, -0.2) is 8.42 Å². The summed E-state index contributed by atoms with van der Waals surface area (Å²) in [6, 6.07) is 15.1. The predicted molar refractivity (Wildman–Crippen MR) is 103 cm³/mol. The number of nitrogens with one attached hydrogen (secondary N) is 2. The van der Waals surface area contributed by atoms with E-state index in [9.17, 15) is 13.2 Å². The second kappa shape index (κ2) is 8.20. The Morgan fingerprint density at radius 2 is 1.78 bits per heavy atom. The highest BCUT2D eigenvalue weighted by Crippen LogP contribution is 2.23. The molecule has 2 N–H and O–H groups in total. The van der Waals surface area contributed by atoms with Crippen molar-refractivity contribution in [3.8, 4) is 6.07 Å². The highest BCUT2D eigenvalue weighted by atomic mass is 32.2. The summed E-state index contributed by atoms with van der Waals surface area (Å²) in [7, 11) is -3.52. The maximum absolute atomic E-state index is 12.6. The number of nitriles is 1. The number of hydrogen-bond acceptors (Lipinski definition) is 5. The van der Waals surface area contributed by atoms with E-state index in [0.29, 0.717) is 30.0 Å². The number of sulfonamides is 1. The summed E-state index contributed by atoms with van der Waals surface area (Å²) in [6.45, 7) is 1.06. The standard InChI is InChI=1S/C19H20N4O3S/c20-13-15-5-3-6-16(11-15)21-14-19(24)22-17-7-4-8-18(12-17)27(25,26)23-9-1-2-10-23/h3-8,11-12,21H,1-2,9-10,14H2,(H,22,24). The van der Waals surface area contributed by atoms with Crippen LogP contribution < -0.4 is 10.6 Å². The van der Waals surface area contributed by atoms with Crippen molar-refractivity contribution >= 4 is 27.3 Å². The lowest BCUT2D eigenvalue weighted by Gasteiger charge is -2.16. The molecular weight excluding hydrogens is 364 g/mol. The SMILES string of the molecule is N#Cc1cccc(NCC(=O)Nc2cccc(S(=O)(=O)N3CCCC3)c2)c1. The quantitative estimate of drug-likeness (QED) is 0.796. The molecule has 27 heavy (non-hydrogen) atoms. The predicted octanol–water partition coefficient (Wildman–Crippen LogP) is 2.39. The third kappa shape index (κ3) is 4.64. The Kier molecular flexibility index (Phi) is 5.74. The van der Waals surface area contributed by atoms with Gasteiger partial charge in [-0.3, -0.25) is 4.79 Å². The number of benzene rings is 2. The molecule has 0 spiro atoms. The molecule has 1 heterocycles. The van der Waals surface area contributed by atoms with Crippen LogP contribution in [0.15, 0.2) is 53.4 Å². The van der Waals surface area contributed by atoms with Crippen LogP contribution in [0.4, 0.5) is 11.4 Å². The maximum atomic E-state index is 12.6. The fourth-order valence-corrected chi connectivity index (χ4v) is 4.46. The first-order chi connectivity index (χ1) is 13.0. The second-order valence-electron chi connectivity index (χ2n) is 6.23. The van der Waals surface area contributed by atoms with E-state index < -0.39 is 10.0 Å². The molecule has 1 amide bonds. The van der Waals surface area contributed by atoms with Gasteiger partial charge in [0, 0.05) is 24.5 Å². The normalized spacial score (nSPS) is 14.5. The molecule has 0 aliphatic carbocycles. The minimum atomic E-state index is -3.52. The number of rotatable bonds is 6. The average molecular weight is 384 g/mol. The Hall–Kier alpha value is -2.89. The van der Waals surface area contributed by atoms with Crippen molar-refractivity contribution in [3.63, 3.8) is 0 Å². The van der Waals surface area contributed by atoms with Crippen LogP contribution in [-0.2, 0) is 14.8 Å². The highest BCUT2D eigenvalue weighted by molar-refractivity contribution is 7.89. The van der Waals surface area contributed by atoms with Gasteiger partial charge in [-0.15, -0.1) is 0 Å². The maximum Gasteiger partial charge on any atom is 0.243 e. The van der Waals surface area contributed by atoms with Crippen LogP contribution in [0.5, 0.6) is 0 Å². The molecule has 0 aromatic heterocycles. The molecule has 1 fully saturated rings. The molecule has 1 saturated heterocycles. The third-order valence-electron chi connectivity index (χ3n) is 4.27. The van der Waals surface area contributed by atoms with Gasteiger partial charge in [0.25, 0.3) is 0 Å². The van der Waals surface area contributed by atoms with E-state index in [4.69, 9.17) is 5.26 Å². The molecule has 1 aliphatic rings. The summed E-state index contributed by atoms with van der Waals surface area (Å²) in [6.07, 6.45) is 1.74. The molecule has 140 valence electrons. The van der Waals surface area contributed by atoms with E-state index in [-0.39, 0.29) is 17.3 Å². The molecule has 1 aliphatic heterocycles. The van der Waals surface area contributed by atoms with Gasteiger partial charge >= 0.3 is 0 Å². The Labute approximate surface area is 158 Å². The minimum absolute atomic E-state index is 0.00200. The van der Waals surface area contributed by atoms with Crippen molar-refractivity contribution in [1.29, 1.82) is 5.26 Å². The van der Waals surface area contributed by atoms with E-state index >= 15 is 0 Å². The molecule has 0 unspecified atom stereocenters. The number of anilines is 2. The van der Waals surface area contributed by atoms with Gasteiger partial charge in [0.1, 0.15) is 0 Å². The van der Waals surface area contributed by atoms with Gasteiger partial charge in [0.2, 0.25) is 15.9 Å². The van der Waals surface area contributed by atoms with E-state index in [1.54, 1.807) is 36.4 Å². The molecular formula is C19H20N4O3S. The lowest BCUT2D eigenvalue weighted by molar-refractivity contribution is -0.114. The lowest BCUT2D eigenvalue weighted by atomic mass is 10.2. The zero-order valence-corrected chi connectivity index (χ0v) is 15.5. The Morgan fingerprint density at radius 3 is 2.52 bits per heavy atom. The molecule has 7 nitrogen and oxygen atoms in total. The molecule has 0 radical (unpaired) electrons. The Morgan fingerprint density at radius 1 is 1.07 bits per heavy atom. The van der Waals surface area contributed by atoms with Crippen LogP contribution >= 0.6 is 0 Å². The fourth-order valence-electron chi connectivity index (χ4n) is 2.90. The van der Waals surface area contributed by atoms with Crippen LogP contribution in [-0.4, -0.2) is 38.3 Å². The van der Waals surface area contributed by atoms with E-state index in [2.05, 4.69) is 10.6 Å². The second-order valence-corrected chi connectivity index (χ2v) is 8.17. The Bertz CT molecular complexity index is 976. The number of hydrogen-bond donors (Lipinski definition) is 2. The summed E-state index contributed by atoms with van der Waals surface area (Å²) in [5, 5.41) is 14.5. The molecule has 0 saturated carbocycles. The molecule has 0 atom stereocenters. The summed E-state index contributed by atoms with van der Waals surface area (Å²) < 4.78 is 26.7. The molecule has 8 heteroatoms. The monoisotopic (exact) mass is 384 g/mol. The zero-order valence-electron chi connectivity index (χ0n) is 14.7. The first kappa shape index (κ1) is 18.9. The van der Waals surface area contributed by atoms with Gasteiger partial charge in [-0.1, -0.05) is 12.1 Å². The van der Waals surface area contributed by atoms with Crippen molar-refractivity contribution < 1.29 is 13.2 Å². The van der Waals surface area contributed by atoms with Crippen LogP contribution in [0.25, 0.3) is 0 Å². The van der Waals surface area contributed by atoms with E-state index in [0.717, 1.165) is 12.8 Å². The molecule has 3 rings (SSSR count). The van der Waals surface area contributed by atoms with E-state index in [1.807, 2.05) is 6.07 Å². The van der Waals surface area contributed by atoms with Crippen LogP contribution in [0.3, 0.4) is 0 Å². The summed E-state index contributed by atoms with van der Waals surface area (Å²) in [5.74, 6) is -0.312. The molecule has 2 aromatic carbocycles. The van der Waals surface area contributed by atoms with Crippen molar-refractivity contribution in [1.82, 2.24) is 4.31 Å². The summed E-state index contributed by atoms with van der Waals surface area (Å²) in [5.41, 5.74) is 1.59. The number of carbonyl (C=O) groups is 1. The first-order valence-electron chi connectivity index (χ1n) is 8.63. The number of carbonyl (C=O) groups excluding carboxylic acids is 1. The average Bonchev–Trinajstić information content (AvgIpc) is 3.22. The minimum Gasteiger partial charge on any atom is -0.376 e. The largest absolute Gasteiger partial charge is 0.376 e. The number of nitrogens with zero attached hydrogens (tertiary/aromatic N) is 2. The zero-order chi connectivity index (χ0) is 19.3. The van der Waals surface area contributed by atoms with Crippen LogP contribution in [0, 0.1) is 11.3 Å². The van der Waals surface area contributed by atoms with Crippen molar-refractivity contribution in [2.75, 3.05) is 30.3 Å².